The third-order valence-electron chi connectivity index (χ3n) is 5.45. The summed E-state index contributed by atoms with van der Waals surface area (Å²) in [6.45, 7) is 3.86. The van der Waals surface area contributed by atoms with Crippen LogP contribution in [0.2, 0.25) is 0 Å². The zero-order valence-corrected chi connectivity index (χ0v) is 20.6. The molecule has 9 heteroatoms. The molecule has 0 aliphatic carbocycles. The first-order valence-electron chi connectivity index (χ1n) is 10.8. The van der Waals surface area contributed by atoms with Gasteiger partial charge < -0.3 is 5.11 Å². The molecule has 7 nitrogen and oxygen atoms in total. The first-order chi connectivity index (χ1) is 17.1. The molecule has 0 aliphatic rings. The third kappa shape index (κ3) is 4.41. The molecule has 2 aromatic carbocycles. The molecule has 1 unspecified atom stereocenters. The molecule has 0 saturated carbocycles. The lowest BCUT2D eigenvalue weighted by atomic mass is 10.2. The van der Waals surface area contributed by atoms with Crippen LogP contribution in [0.1, 0.15) is 17.5 Å². The maximum atomic E-state index is 11.1. The zero-order valence-electron chi connectivity index (χ0n) is 19.0. The van der Waals surface area contributed by atoms with E-state index in [9.17, 15) is 10.4 Å². The summed E-state index contributed by atoms with van der Waals surface area (Å²) in [4.78, 5) is 8.77. The number of nitriles is 1. The summed E-state index contributed by atoms with van der Waals surface area (Å²) < 4.78 is 2.92. The summed E-state index contributed by atoms with van der Waals surface area (Å²) in [6.07, 6.45) is 3.46. The molecule has 5 aromatic rings. The van der Waals surface area contributed by atoms with Crippen molar-refractivity contribution in [1.82, 2.24) is 24.7 Å². The number of hydrogen-bond donors (Lipinski definition) is 1. The number of rotatable bonds is 6. The first-order valence-corrected chi connectivity index (χ1v) is 12.5. The van der Waals surface area contributed by atoms with E-state index in [2.05, 4.69) is 26.2 Å². The van der Waals surface area contributed by atoms with Crippen molar-refractivity contribution in [1.29, 1.82) is 5.26 Å². The van der Waals surface area contributed by atoms with Crippen molar-refractivity contribution in [2.24, 2.45) is 0 Å². The quantitative estimate of drug-likeness (QED) is 0.169. The molecular weight excluding hydrogens is 476 g/mol. The van der Waals surface area contributed by atoms with Crippen molar-refractivity contribution in [3.63, 3.8) is 0 Å². The van der Waals surface area contributed by atoms with E-state index >= 15 is 0 Å². The Labute approximate surface area is 210 Å². The van der Waals surface area contributed by atoms with E-state index in [0.29, 0.717) is 16.0 Å². The lowest BCUT2D eigenvalue weighted by Gasteiger charge is -2.15. The number of aliphatic hydroxyl groups excluding tert-OH is 1. The van der Waals surface area contributed by atoms with Crippen LogP contribution in [0.4, 0.5) is 0 Å². The molecule has 0 aliphatic heterocycles. The minimum Gasteiger partial charge on any atom is -0.510 e. The van der Waals surface area contributed by atoms with Gasteiger partial charge in [-0.2, -0.15) is 5.26 Å². The van der Waals surface area contributed by atoms with Gasteiger partial charge in [-0.05, 0) is 49.7 Å². The number of allylic oxidation sites excluding steroid dienone is 1. The largest absolute Gasteiger partial charge is 0.510 e. The maximum absolute atomic E-state index is 11.1. The summed E-state index contributed by atoms with van der Waals surface area (Å²) in [6, 6.07) is 21.6. The monoisotopic (exact) mass is 496 g/mol. The SMILES string of the molecule is Cc1ccccc1-n1c(SC(C)/C(O)=C(\C#N)c2nc3ccccc3s2)nnc1-c1cccnc1. The van der Waals surface area contributed by atoms with Gasteiger partial charge in [-0.1, -0.05) is 42.1 Å². The van der Waals surface area contributed by atoms with Crippen LogP contribution in [0, 0.1) is 18.3 Å². The van der Waals surface area contributed by atoms with Crippen molar-refractivity contribution >= 4 is 38.9 Å². The van der Waals surface area contributed by atoms with Crippen molar-refractivity contribution in [2.75, 3.05) is 0 Å². The van der Waals surface area contributed by atoms with Crippen LogP contribution < -0.4 is 0 Å². The number of aryl methyl sites for hydroxylation is 1. The fourth-order valence-electron chi connectivity index (χ4n) is 3.67. The van der Waals surface area contributed by atoms with E-state index in [4.69, 9.17) is 0 Å². The molecule has 0 spiro atoms. The summed E-state index contributed by atoms with van der Waals surface area (Å²) in [5.41, 5.74) is 3.78. The Kier molecular flexibility index (Phi) is 6.31. The molecule has 1 atom stereocenters. The predicted octanol–water partition coefficient (Wildman–Crippen LogP) is 6.22. The van der Waals surface area contributed by atoms with Crippen LogP contribution in [0.15, 0.2) is 84.0 Å². The molecule has 3 heterocycles. The number of hydrogen-bond acceptors (Lipinski definition) is 8. The summed E-state index contributed by atoms with van der Waals surface area (Å²) >= 11 is 2.71. The van der Waals surface area contributed by atoms with Gasteiger partial charge >= 0.3 is 0 Å². The first kappa shape index (κ1) is 22.8. The highest BCUT2D eigenvalue weighted by Gasteiger charge is 2.24. The average Bonchev–Trinajstić information content (AvgIpc) is 3.49. The molecule has 0 saturated heterocycles. The van der Waals surface area contributed by atoms with E-state index in [0.717, 1.165) is 27.0 Å². The highest BCUT2D eigenvalue weighted by atomic mass is 32.2. The van der Waals surface area contributed by atoms with E-state index in [1.54, 1.807) is 12.4 Å². The van der Waals surface area contributed by atoms with Crippen LogP contribution in [0.3, 0.4) is 0 Å². The van der Waals surface area contributed by atoms with Gasteiger partial charge in [-0.3, -0.25) is 9.55 Å². The second-order valence-electron chi connectivity index (χ2n) is 7.79. The van der Waals surface area contributed by atoms with Gasteiger partial charge in [0.25, 0.3) is 0 Å². The summed E-state index contributed by atoms with van der Waals surface area (Å²) in [5.74, 6) is 0.607. The molecule has 35 heavy (non-hydrogen) atoms. The Balaban J connectivity index is 1.56. The number of thioether (sulfide) groups is 1. The number of nitrogens with zero attached hydrogens (tertiary/aromatic N) is 6. The Morgan fingerprint density at radius 2 is 1.89 bits per heavy atom. The van der Waals surface area contributed by atoms with Gasteiger partial charge in [0.15, 0.2) is 11.0 Å². The Hall–Kier alpha value is -4.00. The molecule has 0 fully saturated rings. The van der Waals surface area contributed by atoms with Crippen molar-refractivity contribution in [3.05, 3.63) is 89.4 Å². The van der Waals surface area contributed by atoms with E-state index in [1.807, 2.05) is 79.1 Å². The summed E-state index contributed by atoms with van der Waals surface area (Å²) in [5, 5.41) is 30.5. The lowest BCUT2D eigenvalue weighted by Crippen LogP contribution is -2.08. The van der Waals surface area contributed by atoms with Gasteiger partial charge in [-0.15, -0.1) is 21.5 Å². The molecule has 0 amide bonds. The number of benzene rings is 2. The normalized spacial score (nSPS) is 12.8. The number of fused-ring (bicyclic) bond motifs is 1. The second kappa shape index (κ2) is 9.70. The van der Waals surface area contributed by atoms with Crippen LogP contribution in [-0.2, 0) is 0 Å². The van der Waals surface area contributed by atoms with E-state index < -0.39 is 5.25 Å². The Bertz CT molecular complexity index is 1550. The Morgan fingerprint density at radius 3 is 2.63 bits per heavy atom. The van der Waals surface area contributed by atoms with Crippen molar-refractivity contribution in [3.8, 4) is 23.1 Å². The fraction of sp³-hybridized carbons (Fsp3) is 0.115. The highest BCUT2D eigenvalue weighted by Crippen LogP contribution is 2.35. The third-order valence-corrected chi connectivity index (χ3v) is 7.56. The maximum Gasteiger partial charge on any atom is 0.196 e. The highest BCUT2D eigenvalue weighted by molar-refractivity contribution is 8.00. The number of pyridine rings is 1. The molecule has 172 valence electrons. The standard InChI is InChI=1S/C26H20N6OS2/c1-16-8-3-5-11-21(16)32-24(18-9-7-13-28-15-18)30-31-26(32)34-17(2)23(33)19(14-27)25-29-20-10-4-6-12-22(20)35-25/h3-13,15,17,33H,1-2H3/b23-19-. The molecule has 5 rings (SSSR count). The van der Waals surface area contributed by atoms with Gasteiger partial charge in [-0.25, -0.2) is 4.98 Å². The smallest absolute Gasteiger partial charge is 0.196 e. The number of thiazole rings is 1. The minimum atomic E-state index is -0.467. The zero-order chi connectivity index (χ0) is 24.4. The van der Waals surface area contributed by atoms with Crippen molar-refractivity contribution < 1.29 is 5.11 Å². The van der Waals surface area contributed by atoms with Gasteiger partial charge in [0.2, 0.25) is 0 Å². The molecule has 0 bridgehead atoms. The van der Waals surface area contributed by atoms with Crippen molar-refractivity contribution in [2.45, 2.75) is 24.3 Å². The topological polar surface area (TPSA) is 101 Å². The average molecular weight is 497 g/mol. The minimum absolute atomic E-state index is 0.0428. The molecular formula is C26H20N6OS2. The van der Waals surface area contributed by atoms with Gasteiger partial charge in [0, 0.05) is 18.0 Å². The predicted molar refractivity (Wildman–Crippen MR) is 139 cm³/mol. The lowest BCUT2D eigenvalue weighted by molar-refractivity contribution is 0.402. The molecule has 1 N–H and O–H groups in total. The number of para-hydroxylation sites is 2. The van der Waals surface area contributed by atoms with Gasteiger partial charge in [0.1, 0.15) is 22.4 Å². The van der Waals surface area contributed by atoms with Crippen LogP contribution >= 0.6 is 23.1 Å². The van der Waals surface area contributed by atoms with E-state index in [1.165, 1.54) is 23.1 Å². The number of aromatic nitrogens is 5. The number of aliphatic hydroxyl groups is 1. The van der Waals surface area contributed by atoms with Crippen LogP contribution in [0.25, 0.3) is 32.9 Å². The van der Waals surface area contributed by atoms with Crippen LogP contribution in [-0.4, -0.2) is 35.1 Å². The summed E-state index contributed by atoms with van der Waals surface area (Å²) in [7, 11) is 0. The molecule has 0 radical (unpaired) electrons. The van der Waals surface area contributed by atoms with Gasteiger partial charge in [0.05, 0.1) is 21.2 Å². The Morgan fingerprint density at radius 1 is 1.09 bits per heavy atom. The fourth-order valence-corrected chi connectivity index (χ4v) is 5.56. The second-order valence-corrected chi connectivity index (χ2v) is 10.1. The van der Waals surface area contributed by atoms with E-state index in [-0.39, 0.29) is 11.3 Å². The van der Waals surface area contributed by atoms with Crippen LogP contribution in [0.5, 0.6) is 0 Å². The molecule has 3 aromatic heterocycles.